The van der Waals surface area contributed by atoms with Gasteiger partial charge in [-0.1, -0.05) is 30.3 Å². The smallest absolute Gasteiger partial charge is 0.291 e. The third-order valence-electron chi connectivity index (χ3n) is 4.97. The van der Waals surface area contributed by atoms with Gasteiger partial charge in [0.25, 0.3) is 11.8 Å². The van der Waals surface area contributed by atoms with Crippen LogP contribution in [0.5, 0.6) is 0 Å². The van der Waals surface area contributed by atoms with Crippen LogP contribution in [0.4, 0.5) is 11.4 Å². The quantitative estimate of drug-likeness (QED) is 0.840. The summed E-state index contributed by atoms with van der Waals surface area (Å²) in [5.74, 6) is 0.730. The van der Waals surface area contributed by atoms with Crippen LogP contribution in [0, 0.1) is 0 Å². The summed E-state index contributed by atoms with van der Waals surface area (Å²) < 4.78 is 5.41. The van der Waals surface area contributed by atoms with Crippen LogP contribution in [0.15, 0.2) is 65.8 Å². The van der Waals surface area contributed by atoms with Crippen LogP contribution >= 0.6 is 11.8 Å². The fraction of sp³-hybridized carbons (Fsp3) is 0.273. The first kappa shape index (κ1) is 19.4. The minimum atomic E-state index is -0.327. The standard InChI is InChI=1S/C22H23N3O3S/c26-21(20-16-29-15-14-28-20)23-19-9-5-4-8-18(19)22(27)25-12-10-24(11-13-25)17-6-2-1-3-7-17/h1-9,16H,10-15H2,(H,23,26). The fourth-order valence-electron chi connectivity index (χ4n) is 3.43. The third kappa shape index (κ3) is 4.56. The molecule has 1 N–H and O–H groups in total. The van der Waals surface area contributed by atoms with Gasteiger partial charge in [0.05, 0.1) is 17.9 Å². The van der Waals surface area contributed by atoms with Crippen molar-refractivity contribution in [2.75, 3.05) is 48.8 Å². The predicted molar refractivity (Wildman–Crippen MR) is 116 cm³/mol. The molecule has 7 heteroatoms. The van der Waals surface area contributed by atoms with Gasteiger partial charge in [-0.15, -0.1) is 11.8 Å². The molecule has 2 amide bonds. The molecule has 1 saturated heterocycles. The number of carbonyl (C=O) groups is 2. The van der Waals surface area contributed by atoms with Crippen LogP contribution in [0.3, 0.4) is 0 Å². The number of thioether (sulfide) groups is 1. The summed E-state index contributed by atoms with van der Waals surface area (Å²) >= 11 is 1.55. The summed E-state index contributed by atoms with van der Waals surface area (Å²) in [5, 5.41) is 4.55. The predicted octanol–water partition coefficient (Wildman–Crippen LogP) is 3.19. The van der Waals surface area contributed by atoms with Crippen molar-refractivity contribution in [3.05, 3.63) is 71.3 Å². The number of ether oxygens (including phenoxy) is 1. The maximum absolute atomic E-state index is 13.1. The molecule has 0 aromatic heterocycles. The number of carbonyl (C=O) groups excluding carboxylic acids is 2. The molecule has 4 rings (SSSR count). The van der Waals surface area contributed by atoms with Gasteiger partial charge in [-0.2, -0.15) is 0 Å². The average molecular weight is 410 g/mol. The van der Waals surface area contributed by atoms with E-state index in [1.54, 1.807) is 29.3 Å². The second-order valence-electron chi connectivity index (χ2n) is 6.82. The molecule has 0 radical (unpaired) electrons. The van der Waals surface area contributed by atoms with Crippen molar-refractivity contribution in [3.8, 4) is 0 Å². The van der Waals surface area contributed by atoms with Crippen LogP contribution in [0.1, 0.15) is 10.4 Å². The van der Waals surface area contributed by atoms with Crippen LogP contribution in [0.25, 0.3) is 0 Å². The molecular formula is C22H23N3O3S. The van der Waals surface area contributed by atoms with Crippen LogP contribution in [-0.2, 0) is 9.53 Å². The highest BCUT2D eigenvalue weighted by molar-refractivity contribution is 8.02. The number of hydrogen-bond donors (Lipinski definition) is 1. The van der Waals surface area contributed by atoms with E-state index in [1.165, 1.54) is 5.69 Å². The van der Waals surface area contributed by atoms with Crippen molar-refractivity contribution in [1.29, 1.82) is 0 Å². The molecule has 0 atom stereocenters. The van der Waals surface area contributed by atoms with Crippen molar-refractivity contribution in [3.63, 3.8) is 0 Å². The molecule has 2 aliphatic heterocycles. The van der Waals surface area contributed by atoms with E-state index in [-0.39, 0.29) is 11.8 Å². The van der Waals surface area contributed by atoms with Gasteiger partial charge in [-0.25, -0.2) is 0 Å². The summed E-state index contributed by atoms with van der Waals surface area (Å²) in [5.41, 5.74) is 2.18. The van der Waals surface area contributed by atoms with Crippen LogP contribution < -0.4 is 10.2 Å². The summed E-state index contributed by atoms with van der Waals surface area (Å²) in [6.07, 6.45) is 0. The Morgan fingerprint density at radius 1 is 0.931 bits per heavy atom. The SMILES string of the molecule is O=C(Nc1ccccc1C(=O)N1CCN(c2ccccc2)CC1)C1=CSCCO1. The molecule has 0 saturated carbocycles. The van der Waals surface area contributed by atoms with Crippen molar-refractivity contribution in [1.82, 2.24) is 4.90 Å². The third-order valence-corrected chi connectivity index (χ3v) is 5.75. The Bertz CT molecular complexity index is 909. The Balaban J connectivity index is 1.43. The molecule has 2 aromatic carbocycles. The second kappa shape index (κ2) is 9.05. The molecule has 2 aromatic rings. The Morgan fingerprint density at radius 3 is 2.38 bits per heavy atom. The highest BCUT2D eigenvalue weighted by Crippen LogP contribution is 2.22. The molecule has 2 heterocycles. The highest BCUT2D eigenvalue weighted by atomic mass is 32.2. The van der Waals surface area contributed by atoms with Crippen LogP contribution in [-0.4, -0.2) is 55.3 Å². The number of amides is 2. The van der Waals surface area contributed by atoms with Gasteiger partial charge in [0.15, 0.2) is 5.76 Å². The van der Waals surface area contributed by atoms with Crippen molar-refractivity contribution < 1.29 is 14.3 Å². The van der Waals surface area contributed by atoms with Gasteiger partial charge >= 0.3 is 0 Å². The summed E-state index contributed by atoms with van der Waals surface area (Å²) in [7, 11) is 0. The van der Waals surface area contributed by atoms with E-state index in [1.807, 2.05) is 35.2 Å². The van der Waals surface area contributed by atoms with Crippen molar-refractivity contribution >= 4 is 35.0 Å². The summed E-state index contributed by atoms with van der Waals surface area (Å²) in [4.78, 5) is 29.7. The molecule has 1 fully saturated rings. The zero-order valence-corrected chi connectivity index (χ0v) is 16.9. The van der Waals surface area contributed by atoms with E-state index < -0.39 is 0 Å². The zero-order valence-electron chi connectivity index (χ0n) is 16.0. The first-order chi connectivity index (χ1) is 14.2. The molecule has 6 nitrogen and oxygen atoms in total. The fourth-order valence-corrected chi connectivity index (χ4v) is 4.05. The number of anilines is 2. The topological polar surface area (TPSA) is 61.9 Å². The van der Waals surface area contributed by atoms with Gasteiger partial charge in [0.1, 0.15) is 0 Å². The highest BCUT2D eigenvalue weighted by Gasteiger charge is 2.25. The number of para-hydroxylation sites is 2. The lowest BCUT2D eigenvalue weighted by molar-refractivity contribution is -0.116. The molecule has 150 valence electrons. The summed E-state index contributed by atoms with van der Waals surface area (Å²) in [6, 6.07) is 17.4. The number of rotatable bonds is 4. The number of nitrogens with zero attached hydrogens (tertiary/aromatic N) is 2. The minimum absolute atomic E-state index is 0.0680. The van der Waals surface area contributed by atoms with Gasteiger partial charge in [0, 0.05) is 43.0 Å². The monoisotopic (exact) mass is 409 g/mol. The Morgan fingerprint density at radius 2 is 1.66 bits per heavy atom. The van der Waals surface area contributed by atoms with Gasteiger partial charge in [0.2, 0.25) is 0 Å². The van der Waals surface area contributed by atoms with Gasteiger partial charge in [-0.05, 0) is 24.3 Å². The molecule has 0 spiro atoms. The normalized spacial score (nSPS) is 16.6. The Labute approximate surface area is 174 Å². The maximum Gasteiger partial charge on any atom is 0.291 e. The number of benzene rings is 2. The van der Waals surface area contributed by atoms with Crippen molar-refractivity contribution in [2.24, 2.45) is 0 Å². The average Bonchev–Trinajstić information content (AvgIpc) is 2.80. The molecule has 0 bridgehead atoms. The first-order valence-electron chi connectivity index (χ1n) is 9.66. The lowest BCUT2D eigenvalue weighted by Crippen LogP contribution is -2.49. The molecule has 2 aliphatic rings. The maximum atomic E-state index is 13.1. The molecular weight excluding hydrogens is 386 g/mol. The lowest BCUT2D eigenvalue weighted by Gasteiger charge is -2.36. The van der Waals surface area contributed by atoms with E-state index in [0.717, 1.165) is 18.8 Å². The Kier molecular flexibility index (Phi) is 6.05. The van der Waals surface area contributed by atoms with E-state index >= 15 is 0 Å². The van der Waals surface area contributed by atoms with Crippen LogP contribution in [0.2, 0.25) is 0 Å². The number of piperazine rings is 1. The van der Waals surface area contributed by atoms with E-state index in [0.29, 0.717) is 36.7 Å². The number of nitrogens with one attached hydrogen (secondary N) is 1. The van der Waals surface area contributed by atoms with Crippen molar-refractivity contribution in [2.45, 2.75) is 0 Å². The zero-order chi connectivity index (χ0) is 20.1. The minimum Gasteiger partial charge on any atom is -0.487 e. The van der Waals surface area contributed by atoms with E-state index in [9.17, 15) is 9.59 Å². The second-order valence-corrected chi connectivity index (χ2v) is 7.79. The largest absolute Gasteiger partial charge is 0.487 e. The summed E-state index contributed by atoms with van der Waals surface area (Å²) in [6.45, 7) is 3.35. The first-order valence-corrected chi connectivity index (χ1v) is 10.7. The lowest BCUT2D eigenvalue weighted by atomic mass is 10.1. The number of hydrogen-bond acceptors (Lipinski definition) is 5. The molecule has 0 aliphatic carbocycles. The van der Waals surface area contributed by atoms with Gasteiger partial charge in [-0.3, -0.25) is 9.59 Å². The molecule has 0 unspecified atom stereocenters. The Hall–Kier alpha value is -2.93. The van der Waals surface area contributed by atoms with Gasteiger partial charge < -0.3 is 19.9 Å². The van der Waals surface area contributed by atoms with E-state index in [4.69, 9.17) is 4.74 Å². The van der Waals surface area contributed by atoms with E-state index in [2.05, 4.69) is 22.3 Å². The molecule has 29 heavy (non-hydrogen) atoms.